The fraction of sp³-hybridized carbons (Fsp3) is 1.00. The summed E-state index contributed by atoms with van der Waals surface area (Å²) in [6.07, 6.45) is 4.79. The van der Waals surface area contributed by atoms with Gasteiger partial charge in [0.05, 0.1) is 18.5 Å². The van der Waals surface area contributed by atoms with E-state index in [0.717, 1.165) is 26.2 Å². The Balaban J connectivity index is 1.57. The highest BCUT2D eigenvalue weighted by molar-refractivity contribution is 7.90. The van der Waals surface area contributed by atoms with Gasteiger partial charge < -0.3 is 10.1 Å². The molecule has 0 radical (unpaired) electrons. The van der Waals surface area contributed by atoms with Gasteiger partial charge in [0, 0.05) is 25.4 Å². The standard InChI is InChI=1S/C12H24N2O3S/c1-18(15,16)7-3-5-13-8-12-9-14-6-2-4-11(14)10-17-12/h11-13H,2-10H2,1H3. The van der Waals surface area contributed by atoms with Crippen LogP contribution < -0.4 is 5.32 Å². The van der Waals surface area contributed by atoms with Crippen molar-refractivity contribution in [1.82, 2.24) is 10.2 Å². The van der Waals surface area contributed by atoms with Gasteiger partial charge in [-0.15, -0.1) is 0 Å². The summed E-state index contributed by atoms with van der Waals surface area (Å²) >= 11 is 0. The van der Waals surface area contributed by atoms with E-state index in [2.05, 4.69) is 10.2 Å². The molecule has 0 spiro atoms. The first-order chi connectivity index (χ1) is 8.54. The predicted molar refractivity (Wildman–Crippen MR) is 71.5 cm³/mol. The fourth-order valence-corrected chi connectivity index (χ4v) is 3.40. The zero-order chi connectivity index (χ0) is 13.0. The molecule has 0 saturated carbocycles. The van der Waals surface area contributed by atoms with Crippen molar-refractivity contribution in [3.63, 3.8) is 0 Å². The van der Waals surface area contributed by atoms with Crippen molar-refractivity contribution in [3.8, 4) is 0 Å². The minimum atomic E-state index is -2.82. The molecule has 2 rings (SSSR count). The van der Waals surface area contributed by atoms with E-state index >= 15 is 0 Å². The third-order valence-electron chi connectivity index (χ3n) is 3.70. The minimum absolute atomic E-state index is 0.262. The molecule has 2 saturated heterocycles. The lowest BCUT2D eigenvalue weighted by Crippen LogP contribution is -2.49. The van der Waals surface area contributed by atoms with E-state index < -0.39 is 9.84 Å². The summed E-state index contributed by atoms with van der Waals surface area (Å²) in [5.41, 5.74) is 0. The van der Waals surface area contributed by atoms with Gasteiger partial charge in [-0.2, -0.15) is 0 Å². The summed E-state index contributed by atoms with van der Waals surface area (Å²) in [4.78, 5) is 2.52. The summed E-state index contributed by atoms with van der Waals surface area (Å²) in [6.45, 7) is 4.65. The molecule has 18 heavy (non-hydrogen) atoms. The van der Waals surface area contributed by atoms with Crippen LogP contribution >= 0.6 is 0 Å². The molecule has 1 N–H and O–H groups in total. The molecule has 2 aliphatic rings. The third-order valence-corrected chi connectivity index (χ3v) is 4.73. The molecule has 0 aromatic heterocycles. The van der Waals surface area contributed by atoms with E-state index in [1.54, 1.807) is 0 Å². The summed E-state index contributed by atoms with van der Waals surface area (Å²) in [7, 11) is -2.82. The van der Waals surface area contributed by atoms with Crippen LogP contribution in [0.25, 0.3) is 0 Å². The number of hydrogen-bond donors (Lipinski definition) is 1. The number of rotatable bonds is 6. The Morgan fingerprint density at radius 2 is 2.28 bits per heavy atom. The van der Waals surface area contributed by atoms with Gasteiger partial charge in [0.2, 0.25) is 0 Å². The Morgan fingerprint density at radius 3 is 3.06 bits per heavy atom. The molecule has 2 fully saturated rings. The molecule has 6 heteroatoms. The van der Waals surface area contributed by atoms with Crippen molar-refractivity contribution in [2.24, 2.45) is 0 Å². The average molecular weight is 276 g/mol. The molecule has 2 aliphatic heterocycles. The molecule has 2 heterocycles. The second kappa shape index (κ2) is 6.32. The first-order valence-corrected chi connectivity index (χ1v) is 8.85. The number of ether oxygens (including phenoxy) is 1. The highest BCUT2D eigenvalue weighted by atomic mass is 32.2. The minimum Gasteiger partial charge on any atom is -0.374 e. The Bertz CT molecular complexity index is 358. The van der Waals surface area contributed by atoms with Crippen LogP contribution in [0.2, 0.25) is 0 Å². The fourth-order valence-electron chi connectivity index (χ4n) is 2.73. The van der Waals surface area contributed by atoms with Gasteiger partial charge in [-0.05, 0) is 32.4 Å². The number of morpholine rings is 1. The number of nitrogens with zero attached hydrogens (tertiary/aromatic N) is 1. The normalized spacial score (nSPS) is 29.4. The molecule has 0 aromatic rings. The highest BCUT2D eigenvalue weighted by Crippen LogP contribution is 2.22. The number of sulfone groups is 1. The molecular formula is C12H24N2O3S. The van der Waals surface area contributed by atoms with Crippen LogP contribution in [0.5, 0.6) is 0 Å². The lowest BCUT2D eigenvalue weighted by Gasteiger charge is -2.35. The van der Waals surface area contributed by atoms with Crippen molar-refractivity contribution < 1.29 is 13.2 Å². The van der Waals surface area contributed by atoms with E-state index in [1.807, 2.05) is 0 Å². The van der Waals surface area contributed by atoms with E-state index in [-0.39, 0.29) is 11.9 Å². The number of hydrogen-bond acceptors (Lipinski definition) is 5. The van der Waals surface area contributed by atoms with Gasteiger partial charge in [0.1, 0.15) is 9.84 Å². The number of nitrogens with one attached hydrogen (secondary N) is 1. The molecule has 5 nitrogen and oxygen atoms in total. The number of fused-ring (bicyclic) bond motifs is 1. The topological polar surface area (TPSA) is 58.6 Å². The van der Waals surface area contributed by atoms with Crippen LogP contribution in [0.15, 0.2) is 0 Å². The molecule has 0 amide bonds. The Kier molecular flexibility index (Phi) is 5.00. The van der Waals surface area contributed by atoms with Crippen molar-refractivity contribution in [3.05, 3.63) is 0 Å². The molecule has 0 aliphatic carbocycles. The predicted octanol–water partition coefficient (Wildman–Crippen LogP) is -0.126. The smallest absolute Gasteiger partial charge is 0.147 e. The van der Waals surface area contributed by atoms with E-state index in [0.29, 0.717) is 12.5 Å². The summed E-state index contributed by atoms with van der Waals surface area (Å²) in [5, 5.41) is 3.29. The Hall–Kier alpha value is -0.170. The van der Waals surface area contributed by atoms with E-state index in [4.69, 9.17) is 4.74 Å². The van der Waals surface area contributed by atoms with E-state index in [9.17, 15) is 8.42 Å². The van der Waals surface area contributed by atoms with Gasteiger partial charge in [0.25, 0.3) is 0 Å². The van der Waals surface area contributed by atoms with Crippen LogP contribution in [0, 0.1) is 0 Å². The molecule has 0 bridgehead atoms. The summed E-state index contributed by atoms with van der Waals surface area (Å²) < 4.78 is 27.7. The highest BCUT2D eigenvalue weighted by Gasteiger charge is 2.31. The van der Waals surface area contributed by atoms with Crippen molar-refractivity contribution in [2.45, 2.75) is 31.4 Å². The summed E-state index contributed by atoms with van der Waals surface area (Å²) in [5.74, 6) is 0.264. The maximum atomic E-state index is 11.0. The zero-order valence-electron chi connectivity index (χ0n) is 11.1. The Labute approximate surface area is 110 Å². The second-order valence-electron chi connectivity index (χ2n) is 5.43. The van der Waals surface area contributed by atoms with Crippen molar-refractivity contribution in [1.29, 1.82) is 0 Å². The monoisotopic (exact) mass is 276 g/mol. The van der Waals surface area contributed by atoms with Crippen LogP contribution in [-0.2, 0) is 14.6 Å². The third kappa shape index (κ3) is 4.50. The quantitative estimate of drug-likeness (QED) is 0.685. The molecule has 2 atom stereocenters. The van der Waals surface area contributed by atoms with Gasteiger partial charge in [0.15, 0.2) is 0 Å². The molecule has 0 aromatic carbocycles. The van der Waals surface area contributed by atoms with Gasteiger partial charge >= 0.3 is 0 Å². The first kappa shape index (κ1) is 14.2. The molecule has 2 unspecified atom stereocenters. The SMILES string of the molecule is CS(=O)(=O)CCCNCC1CN2CCCC2CO1. The maximum Gasteiger partial charge on any atom is 0.147 e. The Morgan fingerprint density at radius 1 is 1.44 bits per heavy atom. The van der Waals surface area contributed by atoms with Crippen LogP contribution in [-0.4, -0.2) is 70.3 Å². The largest absolute Gasteiger partial charge is 0.374 e. The van der Waals surface area contributed by atoms with Crippen molar-refractivity contribution in [2.75, 3.05) is 44.8 Å². The van der Waals surface area contributed by atoms with Crippen LogP contribution in [0.1, 0.15) is 19.3 Å². The van der Waals surface area contributed by atoms with Crippen LogP contribution in [0.3, 0.4) is 0 Å². The van der Waals surface area contributed by atoms with Crippen LogP contribution in [0.4, 0.5) is 0 Å². The second-order valence-corrected chi connectivity index (χ2v) is 7.69. The van der Waals surface area contributed by atoms with Gasteiger partial charge in [-0.1, -0.05) is 0 Å². The molecule has 106 valence electrons. The lowest BCUT2D eigenvalue weighted by molar-refractivity contribution is -0.0468. The zero-order valence-corrected chi connectivity index (χ0v) is 11.9. The first-order valence-electron chi connectivity index (χ1n) is 6.79. The lowest BCUT2D eigenvalue weighted by atomic mass is 10.2. The van der Waals surface area contributed by atoms with Crippen molar-refractivity contribution >= 4 is 9.84 Å². The maximum absolute atomic E-state index is 11.0. The average Bonchev–Trinajstić information content (AvgIpc) is 2.74. The van der Waals surface area contributed by atoms with Gasteiger partial charge in [-0.3, -0.25) is 4.90 Å². The van der Waals surface area contributed by atoms with Gasteiger partial charge in [-0.25, -0.2) is 8.42 Å². The molecular weight excluding hydrogens is 252 g/mol. The van der Waals surface area contributed by atoms with E-state index in [1.165, 1.54) is 25.6 Å². The summed E-state index contributed by atoms with van der Waals surface area (Å²) in [6, 6.07) is 0.645.